The number of nitriles is 1. The second-order valence-electron chi connectivity index (χ2n) is 5.20. The third kappa shape index (κ3) is 2.94. The van der Waals surface area contributed by atoms with E-state index in [1.165, 1.54) is 11.3 Å². The summed E-state index contributed by atoms with van der Waals surface area (Å²) in [5.74, 6) is -0.137. The molecule has 0 aliphatic heterocycles. The standard InChI is InChI=1S/C16H15N5OS/c1-10-11(2)23-16(12(10)9-17)18-15(22)7-8-21-14-6-4-3-5-13(14)19-20-21/h3-6H,7-8H2,1-2H3,(H,18,22). The molecule has 1 N–H and O–H groups in total. The van der Waals surface area contributed by atoms with Gasteiger partial charge in [0.05, 0.1) is 17.6 Å². The monoisotopic (exact) mass is 325 g/mol. The van der Waals surface area contributed by atoms with Gasteiger partial charge in [-0.25, -0.2) is 4.68 Å². The van der Waals surface area contributed by atoms with E-state index < -0.39 is 0 Å². The van der Waals surface area contributed by atoms with Gasteiger partial charge in [0.25, 0.3) is 0 Å². The fourth-order valence-corrected chi connectivity index (χ4v) is 3.36. The van der Waals surface area contributed by atoms with E-state index in [9.17, 15) is 10.1 Å². The summed E-state index contributed by atoms with van der Waals surface area (Å²) < 4.78 is 1.71. The molecule has 0 atom stereocenters. The van der Waals surface area contributed by atoms with Crippen molar-refractivity contribution in [1.82, 2.24) is 15.0 Å². The Morgan fingerprint density at radius 1 is 1.39 bits per heavy atom. The maximum atomic E-state index is 12.2. The summed E-state index contributed by atoms with van der Waals surface area (Å²) in [6.07, 6.45) is 0.272. The van der Waals surface area contributed by atoms with E-state index in [0.717, 1.165) is 21.5 Å². The van der Waals surface area contributed by atoms with Gasteiger partial charge in [0.2, 0.25) is 5.91 Å². The molecule has 116 valence electrons. The summed E-state index contributed by atoms with van der Waals surface area (Å²) in [5.41, 5.74) is 3.19. The molecule has 0 radical (unpaired) electrons. The summed E-state index contributed by atoms with van der Waals surface area (Å²) in [4.78, 5) is 13.2. The molecule has 1 aromatic carbocycles. The zero-order valence-electron chi connectivity index (χ0n) is 12.8. The average Bonchev–Trinajstić information content (AvgIpc) is 3.07. The van der Waals surface area contributed by atoms with Crippen molar-refractivity contribution in [3.8, 4) is 6.07 Å². The van der Waals surface area contributed by atoms with E-state index in [2.05, 4.69) is 21.7 Å². The molecule has 0 aliphatic carbocycles. The number of benzene rings is 1. The molecule has 2 heterocycles. The summed E-state index contributed by atoms with van der Waals surface area (Å²) in [5, 5.41) is 20.8. The van der Waals surface area contributed by atoms with Crippen LogP contribution in [0.5, 0.6) is 0 Å². The van der Waals surface area contributed by atoms with Crippen LogP contribution in [-0.4, -0.2) is 20.9 Å². The largest absolute Gasteiger partial charge is 0.317 e. The number of hydrogen-bond acceptors (Lipinski definition) is 5. The van der Waals surface area contributed by atoms with Gasteiger partial charge < -0.3 is 5.32 Å². The number of rotatable bonds is 4. The van der Waals surface area contributed by atoms with Crippen molar-refractivity contribution >= 4 is 33.3 Å². The molecule has 0 unspecified atom stereocenters. The van der Waals surface area contributed by atoms with Crippen LogP contribution in [0.3, 0.4) is 0 Å². The minimum absolute atomic E-state index is 0.137. The van der Waals surface area contributed by atoms with E-state index in [4.69, 9.17) is 0 Å². The second-order valence-corrected chi connectivity index (χ2v) is 6.42. The van der Waals surface area contributed by atoms with Gasteiger partial charge in [-0.2, -0.15) is 5.26 Å². The molecular formula is C16H15N5OS. The lowest BCUT2D eigenvalue weighted by molar-refractivity contribution is -0.116. The van der Waals surface area contributed by atoms with Crippen molar-refractivity contribution in [3.05, 3.63) is 40.3 Å². The van der Waals surface area contributed by atoms with Crippen molar-refractivity contribution in [2.24, 2.45) is 0 Å². The Morgan fingerprint density at radius 3 is 2.96 bits per heavy atom. The summed E-state index contributed by atoms with van der Waals surface area (Å²) >= 11 is 1.43. The number of amides is 1. The first-order chi connectivity index (χ1) is 11.1. The van der Waals surface area contributed by atoms with Crippen molar-refractivity contribution in [1.29, 1.82) is 5.26 Å². The number of aromatic nitrogens is 3. The number of carbonyl (C=O) groups excluding carboxylic acids is 1. The number of carbonyl (C=O) groups is 1. The summed E-state index contributed by atoms with van der Waals surface area (Å²) in [6, 6.07) is 9.78. The maximum Gasteiger partial charge on any atom is 0.226 e. The normalized spacial score (nSPS) is 10.7. The summed E-state index contributed by atoms with van der Waals surface area (Å²) in [7, 11) is 0. The molecule has 0 saturated carbocycles. The Balaban J connectivity index is 1.69. The SMILES string of the molecule is Cc1sc(NC(=O)CCn2nnc3ccccc32)c(C#N)c1C. The smallest absolute Gasteiger partial charge is 0.226 e. The molecular weight excluding hydrogens is 310 g/mol. The molecule has 0 spiro atoms. The van der Waals surface area contributed by atoms with Gasteiger partial charge in [0.15, 0.2) is 0 Å². The highest BCUT2D eigenvalue weighted by Gasteiger charge is 2.15. The van der Waals surface area contributed by atoms with Crippen LogP contribution in [-0.2, 0) is 11.3 Å². The van der Waals surface area contributed by atoms with Crippen molar-refractivity contribution in [2.45, 2.75) is 26.8 Å². The van der Waals surface area contributed by atoms with Gasteiger partial charge in [0, 0.05) is 11.3 Å². The lowest BCUT2D eigenvalue weighted by atomic mass is 10.2. The van der Waals surface area contributed by atoms with Gasteiger partial charge in [-0.05, 0) is 31.5 Å². The Bertz CT molecular complexity index is 918. The van der Waals surface area contributed by atoms with Gasteiger partial charge >= 0.3 is 0 Å². The first-order valence-electron chi connectivity index (χ1n) is 7.18. The van der Waals surface area contributed by atoms with Crippen LogP contribution in [0.1, 0.15) is 22.4 Å². The van der Waals surface area contributed by atoms with E-state index in [0.29, 0.717) is 17.1 Å². The van der Waals surface area contributed by atoms with Crippen LogP contribution in [0, 0.1) is 25.2 Å². The van der Waals surface area contributed by atoms with E-state index >= 15 is 0 Å². The van der Waals surface area contributed by atoms with Gasteiger partial charge in [-0.1, -0.05) is 17.3 Å². The highest BCUT2D eigenvalue weighted by molar-refractivity contribution is 7.16. The van der Waals surface area contributed by atoms with Crippen molar-refractivity contribution < 1.29 is 4.79 Å². The second kappa shape index (κ2) is 6.18. The molecule has 0 bridgehead atoms. The number of nitrogens with one attached hydrogen (secondary N) is 1. The number of thiophene rings is 1. The molecule has 23 heavy (non-hydrogen) atoms. The quantitative estimate of drug-likeness (QED) is 0.799. The van der Waals surface area contributed by atoms with Crippen LogP contribution in [0.15, 0.2) is 24.3 Å². The van der Waals surface area contributed by atoms with Gasteiger partial charge in [0.1, 0.15) is 16.6 Å². The topological polar surface area (TPSA) is 83.6 Å². The predicted octanol–water partition coefficient (Wildman–Crippen LogP) is 3.01. The molecule has 0 saturated heterocycles. The zero-order chi connectivity index (χ0) is 16.4. The fourth-order valence-electron chi connectivity index (χ4n) is 2.33. The van der Waals surface area contributed by atoms with E-state index in [1.807, 2.05) is 38.1 Å². The minimum atomic E-state index is -0.137. The first-order valence-corrected chi connectivity index (χ1v) is 8.00. The third-order valence-corrected chi connectivity index (χ3v) is 4.84. The molecule has 6 nitrogen and oxygen atoms in total. The van der Waals surface area contributed by atoms with Gasteiger partial charge in [-0.15, -0.1) is 16.4 Å². The van der Waals surface area contributed by atoms with Crippen molar-refractivity contribution in [2.75, 3.05) is 5.32 Å². The van der Waals surface area contributed by atoms with Crippen LogP contribution >= 0.6 is 11.3 Å². The number of hydrogen-bond donors (Lipinski definition) is 1. The molecule has 3 aromatic rings. The molecule has 0 aliphatic rings. The Labute approximate surface area is 137 Å². The summed E-state index contributed by atoms with van der Waals surface area (Å²) in [6.45, 7) is 4.28. The number of fused-ring (bicyclic) bond motifs is 1. The fraction of sp³-hybridized carbons (Fsp3) is 0.250. The highest BCUT2D eigenvalue weighted by Crippen LogP contribution is 2.31. The van der Waals surface area contributed by atoms with Crippen LogP contribution in [0.2, 0.25) is 0 Å². The molecule has 3 rings (SSSR count). The first kappa shape index (κ1) is 15.2. The highest BCUT2D eigenvalue weighted by atomic mass is 32.1. The lowest BCUT2D eigenvalue weighted by Crippen LogP contribution is -2.15. The number of anilines is 1. The number of nitrogens with zero attached hydrogens (tertiary/aromatic N) is 4. The molecule has 7 heteroatoms. The Hall–Kier alpha value is -2.72. The Morgan fingerprint density at radius 2 is 2.17 bits per heavy atom. The Kier molecular flexibility index (Phi) is 4.08. The lowest BCUT2D eigenvalue weighted by Gasteiger charge is -2.04. The van der Waals surface area contributed by atoms with E-state index in [-0.39, 0.29) is 12.3 Å². The molecule has 2 aromatic heterocycles. The van der Waals surface area contributed by atoms with Gasteiger partial charge in [-0.3, -0.25) is 4.79 Å². The maximum absolute atomic E-state index is 12.2. The molecule has 1 amide bonds. The number of aryl methyl sites for hydroxylation is 2. The predicted molar refractivity (Wildman–Crippen MR) is 89.3 cm³/mol. The third-order valence-electron chi connectivity index (χ3n) is 3.72. The van der Waals surface area contributed by atoms with Crippen LogP contribution in [0.4, 0.5) is 5.00 Å². The molecule has 0 fully saturated rings. The van der Waals surface area contributed by atoms with Crippen LogP contribution < -0.4 is 5.32 Å². The van der Waals surface area contributed by atoms with E-state index in [1.54, 1.807) is 4.68 Å². The zero-order valence-corrected chi connectivity index (χ0v) is 13.6. The van der Waals surface area contributed by atoms with Crippen molar-refractivity contribution in [3.63, 3.8) is 0 Å². The minimum Gasteiger partial charge on any atom is -0.317 e. The average molecular weight is 325 g/mol. The number of para-hydroxylation sites is 1. The van der Waals surface area contributed by atoms with Crippen LogP contribution in [0.25, 0.3) is 11.0 Å².